The van der Waals surface area contributed by atoms with Crippen molar-refractivity contribution >= 4 is 11.8 Å². The lowest BCUT2D eigenvalue weighted by Crippen LogP contribution is -2.40. The van der Waals surface area contributed by atoms with E-state index in [9.17, 15) is 8.78 Å². The van der Waals surface area contributed by atoms with Gasteiger partial charge in [0.05, 0.1) is 0 Å². The molecule has 2 nitrogen and oxygen atoms in total. The summed E-state index contributed by atoms with van der Waals surface area (Å²) >= 11 is 1.99. The Labute approximate surface area is 123 Å². The van der Waals surface area contributed by atoms with Crippen LogP contribution in [0.5, 0.6) is 5.75 Å². The second-order valence-electron chi connectivity index (χ2n) is 5.16. The number of thioether (sulfide) groups is 1. The van der Waals surface area contributed by atoms with Crippen LogP contribution in [0.4, 0.5) is 8.78 Å². The van der Waals surface area contributed by atoms with Crippen LogP contribution >= 0.6 is 11.8 Å². The van der Waals surface area contributed by atoms with Crippen molar-refractivity contribution in [2.75, 3.05) is 5.75 Å². The van der Waals surface area contributed by atoms with E-state index < -0.39 is 6.61 Å². The third kappa shape index (κ3) is 4.35. The lowest BCUT2D eigenvalue weighted by molar-refractivity contribution is -0.0499. The molecule has 0 radical (unpaired) electrons. The molecular formula is C15H21F2NOS. The fourth-order valence-electron chi connectivity index (χ4n) is 2.52. The second kappa shape index (κ2) is 7.27. The van der Waals surface area contributed by atoms with E-state index in [1.165, 1.54) is 18.6 Å². The normalized spacial score (nSPS) is 24.6. The Morgan fingerprint density at radius 1 is 1.40 bits per heavy atom. The van der Waals surface area contributed by atoms with Crippen LogP contribution in [0.1, 0.15) is 38.3 Å². The highest BCUT2D eigenvalue weighted by atomic mass is 32.2. The number of nitrogens with one attached hydrogen (secondary N) is 1. The summed E-state index contributed by atoms with van der Waals surface area (Å²) in [7, 11) is 0. The van der Waals surface area contributed by atoms with Crippen molar-refractivity contribution in [2.24, 2.45) is 0 Å². The van der Waals surface area contributed by atoms with E-state index in [1.807, 2.05) is 17.8 Å². The molecule has 3 unspecified atom stereocenters. The molecule has 2 rings (SSSR count). The van der Waals surface area contributed by atoms with Crippen molar-refractivity contribution in [3.05, 3.63) is 29.8 Å². The van der Waals surface area contributed by atoms with E-state index in [0.29, 0.717) is 11.3 Å². The minimum absolute atomic E-state index is 0.127. The molecule has 112 valence electrons. The molecule has 1 heterocycles. The lowest BCUT2D eigenvalue weighted by Gasteiger charge is -2.32. The van der Waals surface area contributed by atoms with Crippen molar-refractivity contribution in [1.82, 2.24) is 5.32 Å². The van der Waals surface area contributed by atoms with Gasteiger partial charge in [-0.25, -0.2) is 0 Å². The molecule has 1 aliphatic heterocycles. The van der Waals surface area contributed by atoms with Gasteiger partial charge in [-0.3, -0.25) is 0 Å². The first-order chi connectivity index (χ1) is 9.56. The Hall–Kier alpha value is -0.810. The predicted molar refractivity (Wildman–Crippen MR) is 79.6 cm³/mol. The fourth-order valence-corrected chi connectivity index (χ4v) is 3.67. The van der Waals surface area contributed by atoms with E-state index in [0.717, 1.165) is 5.56 Å². The van der Waals surface area contributed by atoms with Crippen LogP contribution < -0.4 is 10.1 Å². The standard InChI is InChI=1S/C15H21F2NOS/c1-10(18-14-7-4-8-20-11(14)2)12-5-3-6-13(9-12)19-15(16)17/h3,5-6,9-11,14-15,18H,4,7-8H2,1-2H3. The number of rotatable bonds is 5. The van der Waals surface area contributed by atoms with Gasteiger partial charge in [0, 0.05) is 17.3 Å². The topological polar surface area (TPSA) is 21.3 Å². The average Bonchev–Trinajstić information content (AvgIpc) is 2.41. The maximum absolute atomic E-state index is 12.2. The molecule has 1 fully saturated rings. The fraction of sp³-hybridized carbons (Fsp3) is 0.600. The minimum Gasteiger partial charge on any atom is -0.435 e. The summed E-state index contributed by atoms with van der Waals surface area (Å²) in [4.78, 5) is 0. The molecule has 5 heteroatoms. The van der Waals surface area contributed by atoms with Gasteiger partial charge >= 0.3 is 6.61 Å². The van der Waals surface area contributed by atoms with E-state index in [-0.39, 0.29) is 11.8 Å². The van der Waals surface area contributed by atoms with E-state index in [1.54, 1.807) is 18.2 Å². The lowest BCUT2D eigenvalue weighted by atomic mass is 10.0. The molecule has 20 heavy (non-hydrogen) atoms. The Morgan fingerprint density at radius 2 is 2.20 bits per heavy atom. The Morgan fingerprint density at radius 3 is 2.90 bits per heavy atom. The molecule has 1 saturated heterocycles. The van der Waals surface area contributed by atoms with Gasteiger partial charge in [-0.05, 0) is 43.2 Å². The molecule has 1 N–H and O–H groups in total. The zero-order valence-corrected chi connectivity index (χ0v) is 12.6. The van der Waals surface area contributed by atoms with Crippen molar-refractivity contribution in [2.45, 2.75) is 50.6 Å². The van der Waals surface area contributed by atoms with Crippen molar-refractivity contribution in [1.29, 1.82) is 0 Å². The first-order valence-corrected chi connectivity index (χ1v) is 8.03. The second-order valence-corrected chi connectivity index (χ2v) is 6.65. The molecule has 0 aromatic heterocycles. The molecule has 0 spiro atoms. The highest BCUT2D eigenvalue weighted by Crippen LogP contribution is 2.28. The van der Waals surface area contributed by atoms with Gasteiger partial charge in [-0.1, -0.05) is 19.1 Å². The minimum atomic E-state index is -2.77. The van der Waals surface area contributed by atoms with Gasteiger partial charge in [0.15, 0.2) is 0 Å². The SMILES string of the molecule is CC(NC1CCCSC1C)c1cccc(OC(F)F)c1. The van der Waals surface area contributed by atoms with Crippen LogP contribution in [0.25, 0.3) is 0 Å². The van der Waals surface area contributed by atoms with E-state index in [4.69, 9.17) is 0 Å². The summed E-state index contributed by atoms with van der Waals surface area (Å²) in [6, 6.07) is 7.54. The molecule has 1 aromatic rings. The third-order valence-corrected chi connectivity index (χ3v) is 5.03. The van der Waals surface area contributed by atoms with Gasteiger partial charge < -0.3 is 10.1 Å². The van der Waals surface area contributed by atoms with Gasteiger partial charge in [-0.2, -0.15) is 20.5 Å². The Bertz CT molecular complexity index is 430. The number of benzene rings is 1. The predicted octanol–water partition coefficient (Wildman–Crippen LogP) is 4.22. The van der Waals surface area contributed by atoms with Gasteiger partial charge in [-0.15, -0.1) is 0 Å². The Balaban J connectivity index is 1.99. The van der Waals surface area contributed by atoms with Crippen LogP contribution in [-0.4, -0.2) is 23.7 Å². The van der Waals surface area contributed by atoms with Crippen LogP contribution in [0.3, 0.4) is 0 Å². The summed E-state index contributed by atoms with van der Waals surface area (Å²) in [5.74, 6) is 1.45. The van der Waals surface area contributed by atoms with Crippen LogP contribution in [-0.2, 0) is 0 Å². The number of hydrogen-bond donors (Lipinski definition) is 1. The molecule has 1 aromatic carbocycles. The number of halogens is 2. The highest BCUT2D eigenvalue weighted by Gasteiger charge is 2.23. The van der Waals surface area contributed by atoms with E-state index in [2.05, 4.69) is 23.9 Å². The molecular weight excluding hydrogens is 280 g/mol. The molecule has 0 amide bonds. The third-order valence-electron chi connectivity index (χ3n) is 3.65. The highest BCUT2D eigenvalue weighted by molar-refractivity contribution is 7.99. The smallest absolute Gasteiger partial charge is 0.387 e. The van der Waals surface area contributed by atoms with Gasteiger partial charge in [0.1, 0.15) is 5.75 Å². The largest absolute Gasteiger partial charge is 0.435 e. The Kier molecular flexibility index (Phi) is 5.66. The summed E-state index contributed by atoms with van der Waals surface area (Å²) in [6.45, 7) is 1.53. The molecule has 0 bridgehead atoms. The van der Waals surface area contributed by atoms with Crippen LogP contribution in [0, 0.1) is 0 Å². The van der Waals surface area contributed by atoms with Crippen molar-refractivity contribution in [3.8, 4) is 5.75 Å². The maximum Gasteiger partial charge on any atom is 0.387 e. The van der Waals surface area contributed by atoms with Crippen LogP contribution in [0.15, 0.2) is 24.3 Å². The molecule has 1 aliphatic rings. The summed E-state index contributed by atoms with van der Waals surface area (Å²) in [6.07, 6.45) is 2.40. The average molecular weight is 301 g/mol. The summed E-state index contributed by atoms with van der Waals surface area (Å²) in [5.41, 5.74) is 0.978. The number of hydrogen-bond acceptors (Lipinski definition) is 3. The zero-order valence-electron chi connectivity index (χ0n) is 11.8. The van der Waals surface area contributed by atoms with Gasteiger partial charge in [0.2, 0.25) is 0 Å². The van der Waals surface area contributed by atoms with E-state index >= 15 is 0 Å². The number of ether oxygens (including phenoxy) is 1. The first-order valence-electron chi connectivity index (χ1n) is 6.98. The van der Waals surface area contributed by atoms with Crippen molar-refractivity contribution < 1.29 is 13.5 Å². The number of alkyl halides is 2. The quantitative estimate of drug-likeness (QED) is 0.879. The summed E-state index contributed by atoms with van der Waals surface area (Å²) in [5, 5.41) is 4.19. The summed E-state index contributed by atoms with van der Waals surface area (Å²) < 4.78 is 28.9. The molecule has 0 saturated carbocycles. The van der Waals surface area contributed by atoms with Crippen molar-refractivity contribution in [3.63, 3.8) is 0 Å². The monoisotopic (exact) mass is 301 g/mol. The van der Waals surface area contributed by atoms with Gasteiger partial charge in [0.25, 0.3) is 0 Å². The molecule has 0 aliphatic carbocycles. The van der Waals surface area contributed by atoms with Crippen LogP contribution in [0.2, 0.25) is 0 Å². The zero-order chi connectivity index (χ0) is 14.5. The maximum atomic E-state index is 12.2. The molecule has 3 atom stereocenters. The first kappa shape index (κ1) is 15.6.